The molecular weight excluding hydrogens is 425 g/mol. The summed E-state index contributed by atoms with van der Waals surface area (Å²) in [4.78, 5) is 23.2. The number of nitrogens with one attached hydrogen (secondary N) is 1. The first-order valence-electron chi connectivity index (χ1n) is 5.67. The summed E-state index contributed by atoms with van der Waals surface area (Å²) in [5, 5.41) is 12.1. The maximum Gasteiger partial charge on any atom is 0.335 e. The lowest BCUT2D eigenvalue weighted by atomic mass is 10.1. The van der Waals surface area contributed by atoms with E-state index < -0.39 is 5.97 Å². The van der Waals surface area contributed by atoms with Crippen LogP contribution in [0.3, 0.4) is 0 Å². The average molecular weight is 433 g/mol. The van der Waals surface area contributed by atoms with Crippen molar-refractivity contribution in [1.82, 2.24) is 0 Å². The highest BCUT2D eigenvalue weighted by molar-refractivity contribution is 9.11. The number of amides is 1. The van der Waals surface area contributed by atoms with Crippen LogP contribution in [0.5, 0.6) is 0 Å². The van der Waals surface area contributed by atoms with E-state index in [1.807, 2.05) is 0 Å². The summed E-state index contributed by atoms with van der Waals surface area (Å²) in [6.45, 7) is 0. The normalized spacial score (nSPS) is 10.2. The minimum absolute atomic E-state index is 0.0867. The molecule has 7 heteroatoms. The van der Waals surface area contributed by atoms with Crippen molar-refractivity contribution in [3.05, 3.63) is 61.5 Å². The van der Waals surface area contributed by atoms with Gasteiger partial charge in [-0.25, -0.2) is 4.79 Å². The van der Waals surface area contributed by atoms with Crippen LogP contribution < -0.4 is 5.32 Å². The van der Waals surface area contributed by atoms with Gasteiger partial charge in [0.1, 0.15) is 0 Å². The molecule has 2 N–H and O–H groups in total. The van der Waals surface area contributed by atoms with E-state index in [1.54, 1.807) is 24.3 Å². The number of benzene rings is 2. The summed E-state index contributed by atoms with van der Waals surface area (Å²) < 4.78 is 1.14. The molecule has 0 saturated carbocycles. The molecule has 0 radical (unpaired) electrons. The molecule has 21 heavy (non-hydrogen) atoms. The molecule has 0 bridgehead atoms. The van der Waals surface area contributed by atoms with Crippen LogP contribution >= 0.6 is 43.5 Å². The molecule has 0 spiro atoms. The highest BCUT2D eigenvalue weighted by Crippen LogP contribution is 2.26. The fourth-order valence-corrected chi connectivity index (χ4v) is 2.83. The molecule has 2 aromatic rings. The maximum absolute atomic E-state index is 12.2. The zero-order valence-electron chi connectivity index (χ0n) is 10.4. The number of rotatable bonds is 3. The standard InChI is InChI=1S/C14H8Br2ClNO3/c15-10-4-1-7(14(20)21)5-12(10)18-13(19)9-3-2-8(17)6-11(9)16/h1-6H,(H,18,19)(H,20,21). The lowest BCUT2D eigenvalue weighted by Crippen LogP contribution is -2.13. The zero-order valence-corrected chi connectivity index (χ0v) is 14.3. The molecule has 1 amide bonds. The minimum atomic E-state index is -1.06. The van der Waals surface area contributed by atoms with Crippen LogP contribution in [0, 0.1) is 0 Å². The number of halogens is 3. The fraction of sp³-hybridized carbons (Fsp3) is 0. The Morgan fingerprint density at radius 1 is 1.05 bits per heavy atom. The molecule has 0 unspecified atom stereocenters. The third kappa shape index (κ3) is 3.84. The summed E-state index contributed by atoms with van der Waals surface area (Å²) in [6, 6.07) is 9.18. The molecule has 2 aromatic carbocycles. The van der Waals surface area contributed by atoms with Gasteiger partial charge in [-0.2, -0.15) is 0 Å². The Morgan fingerprint density at radius 3 is 2.38 bits per heavy atom. The predicted molar refractivity (Wildman–Crippen MR) is 88.2 cm³/mol. The van der Waals surface area contributed by atoms with Crippen molar-refractivity contribution >= 4 is 61.0 Å². The van der Waals surface area contributed by atoms with E-state index in [0.29, 0.717) is 25.2 Å². The van der Waals surface area contributed by atoms with Crippen LogP contribution in [0.15, 0.2) is 45.3 Å². The summed E-state index contributed by atoms with van der Waals surface area (Å²) in [6.07, 6.45) is 0. The highest BCUT2D eigenvalue weighted by atomic mass is 79.9. The largest absolute Gasteiger partial charge is 0.478 e. The maximum atomic E-state index is 12.2. The number of carboxylic acids is 1. The van der Waals surface area contributed by atoms with E-state index in [2.05, 4.69) is 37.2 Å². The summed E-state index contributed by atoms with van der Waals surface area (Å²) in [5.74, 6) is -1.44. The van der Waals surface area contributed by atoms with Gasteiger partial charge in [-0.05, 0) is 68.3 Å². The first kappa shape index (κ1) is 16.0. The topological polar surface area (TPSA) is 66.4 Å². The number of aromatic carboxylic acids is 1. The molecule has 0 heterocycles. The second kappa shape index (κ2) is 6.60. The second-order valence-corrected chi connectivity index (χ2v) is 6.22. The van der Waals surface area contributed by atoms with Crippen molar-refractivity contribution in [2.45, 2.75) is 0 Å². The number of hydrogen-bond acceptors (Lipinski definition) is 2. The van der Waals surface area contributed by atoms with Gasteiger partial charge >= 0.3 is 5.97 Å². The lowest BCUT2D eigenvalue weighted by Gasteiger charge is -2.10. The van der Waals surface area contributed by atoms with Crippen LogP contribution in [-0.2, 0) is 0 Å². The van der Waals surface area contributed by atoms with E-state index in [9.17, 15) is 9.59 Å². The van der Waals surface area contributed by atoms with Crippen LogP contribution in [-0.4, -0.2) is 17.0 Å². The molecule has 0 aliphatic rings. The van der Waals surface area contributed by atoms with Gasteiger partial charge < -0.3 is 10.4 Å². The van der Waals surface area contributed by atoms with Crippen LogP contribution in [0.2, 0.25) is 5.02 Å². The first-order chi connectivity index (χ1) is 9.88. The molecule has 0 atom stereocenters. The van der Waals surface area contributed by atoms with E-state index in [4.69, 9.17) is 16.7 Å². The van der Waals surface area contributed by atoms with E-state index in [1.165, 1.54) is 12.1 Å². The molecular formula is C14H8Br2ClNO3. The van der Waals surface area contributed by atoms with Crippen molar-refractivity contribution in [3.63, 3.8) is 0 Å². The lowest BCUT2D eigenvalue weighted by molar-refractivity contribution is 0.0696. The van der Waals surface area contributed by atoms with Crippen LogP contribution in [0.25, 0.3) is 0 Å². The van der Waals surface area contributed by atoms with Crippen molar-refractivity contribution in [2.24, 2.45) is 0 Å². The van der Waals surface area contributed by atoms with Gasteiger partial charge in [0.2, 0.25) is 0 Å². The summed E-state index contributed by atoms with van der Waals surface area (Å²) >= 11 is 12.4. The van der Waals surface area contributed by atoms with Gasteiger partial charge in [-0.3, -0.25) is 4.79 Å². The summed E-state index contributed by atoms with van der Waals surface area (Å²) in [7, 11) is 0. The van der Waals surface area contributed by atoms with Crippen molar-refractivity contribution in [1.29, 1.82) is 0 Å². The Balaban J connectivity index is 2.31. The van der Waals surface area contributed by atoms with Gasteiger partial charge in [0.15, 0.2) is 0 Å². The van der Waals surface area contributed by atoms with Crippen molar-refractivity contribution in [2.75, 3.05) is 5.32 Å². The van der Waals surface area contributed by atoms with Gasteiger partial charge in [0, 0.05) is 14.0 Å². The number of hydrogen-bond donors (Lipinski definition) is 2. The van der Waals surface area contributed by atoms with E-state index in [-0.39, 0.29) is 11.5 Å². The van der Waals surface area contributed by atoms with Crippen LogP contribution in [0.4, 0.5) is 5.69 Å². The molecule has 108 valence electrons. The molecule has 0 aliphatic carbocycles. The molecule has 0 aromatic heterocycles. The van der Waals surface area contributed by atoms with Gasteiger partial charge in [0.25, 0.3) is 5.91 Å². The second-order valence-electron chi connectivity index (χ2n) is 4.08. The number of carbonyl (C=O) groups excluding carboxylic acids is 1. The molecule has 2 rings (SSSR count). The fourth-order valence-electron chi connectivity index (χ4n) is 1.62. The number of carbonyl (C=O) groups is 2. The SMILES string of the molecule is O=C(O)c1ccc(Br)c(NC(=O)c2ccc(Cl)cc2Br)c1. The van der Waals surface area contributed by atoms with Gasteiger partial charge in [-0.15, -0.1) is 0 Å². The quantitative estimate of drug-likeness (QED) is 0.730. The third-order valence-corrected chi connectivity index (χ3v) is 4.22. The Morgan fingerprint density at radius 2 is 1.76 bits per heavy atom. The Kier molecular flexibility index (Phi) is 5.03. The zero-order chi connectivity index (χ0) is 15.6. The Labute approximate surface area is 142 Å². The molecule has 4 nitrogen and oxygen atoms in total. The highest BCUT2D eigenvalue weighted by Gasteiger charge is 2.13. The summed E-state index contributed by atoms with van der Waals surface area (Å²) in [5.41, 5.74) is 0.859. The van der Waals surface area contributed by atoms with Gasteiger partial charge in [0.05, 0.1) is 16.8 Å². The smallest absolute Gasteiger partial charge is 0.335 e. The third-order valence-electron chi connectivity index (χ3n) is 2.64. The average Bonchev–Trinajstić information content (AvgIpc) is 2.40. The first-order valence-corrected chi connectivity index (χ1v) is 7.64. The minimum Gasteiger partial charge on any atom is -0.478 e. The van der Waals surface area contributed by atoms with Crippen molar-refractivity contribution in [3.8, 4) is 0 Å². The molecule has 0 aliphatic heterocycles. The van der Waals surface area contributed by atoms with Crippen LogP contribution in [0.1, 0.15) is 20.7 Å². The molecule has 0 saturated heterocycles. The van der Waals surface area contributed by atoms with E-state index >= 15 is 0 Å². The number of carboxylic acid groups (broad SMARTS) is 1. The van der Waals surface area contributed by atoms with E-state index in [0.717, 1.165) is 0 Å². The van der Waals surface area contributed by atoms with Crippen molar-refractivity contribution < 1.29 is 14.7 Å². The Hall–Kier alpha value is -1.37. The Bertz CT molecular complexity index is 734. The van der Waals surface area contributed by atoms with Gasteiger partial charge in [-0.1, -0.05) is 11.6 Å². The molecule has 0 fully saturated rings. The monoisotopic (exact) mass is 431 g/mol. The number of anilines is 1. The predicted octanol–water partition coefficient (Wildman–Crippen LogP) is 4.82.